The van der Waals surface area contributed by atoms with Gasteiger partial charge in [0.25, 0.3) is 0 Å². The van der Waals surface area contributed by atoms with Crippen LogP contribution in [0.5, 0.6) is 5.75 Å². The number of rotatable bonds is 7. The lowest BCUT2D eigenvalue weighted by atomic mass is 9.75. The van der Waals surface area contributed by atoms with Gasteiger partial charge in [0.1, 0.15) is 11.9 Å². The summed E-state index contributed by atoms with van der Waals surface area (Å²) < 4.78 is 11.4. The van der Waals surface area contributed by atoms with Gasteiger partial charge in [0.05, 0.1) is 23.4 Å². The zero-order valence-corrected chi connectivity index (χ0v) is 17.5. The Hall–Kier alpha value is -1.69. The summed E-state index contributed by atoms with van der Waals surface area (Å²) in [5.41, 5.74) is 1.79. The predicted molar refractivity (Wildman–Crippen MR) is 109 cm³/mol. The molecule has 1 N–H and O–H groups in total. The lowest BCUT2D eigenvalue weighted by Crippen LogP contribution is -2.36. The zero-order chi connectivity index (χ0) is 19.4. The van der Waals surface area contributed by atoms with E-state index >= 15 is 0 Å². The maximum absolute atomic E-state index is 12.4. The van der Waals surface area contributed by atoms with Crippen molar-refractivity contribution in [2.75, 3.05) is 12.4 Å². The second-order valence-electron chi connectivity index (χ2n) is 7.80. The van der Waals surface area contributed by atoms with Crippen molar-refractivity contribution in [3.8, 4) is 5.75 Å². The van der Waals surface area contributed by atoms with Crippen molar-refractivity contribution in [1.29, 1.82) is 0 Å². The molecular weight excluding hydrogens is 360 g/mol. The average Bonchev–Trinajstić information content (AvgIpc) is 3.02. The number of ether oxygens (including phenoxy) is 2. The molecule has 1 fully saturated rings. The summed E-state index contributed by atoms with van der Waals surface area (Å²) in [5, 5.41) is 0.730. The first-order valence-corrected chi connectivity index (χ1v) is 10.9. The molecule has 0 unspecified atom stereocenters. The van der Waals surface area contributed by atoms with Crippen LogP contribution in [0.1, 0.15) is 47.0 Å². The fourth-order valence-electron chi connectivity index (χ4n) is 3.87. The van der Waals surface area contributed by atoms with E-state index < -0.39 is 0 Å². The fourth-order valence-corrected chi connectivity index (χ4v) is 4.54. The van der Waals surface area contributed by atoms with Crippen molar-refractivity contribution in [2.24, 2.45) is 17.8 Å². The van der Waals surface area contributed by atoms with Crippen LogP contribution in [0.15, 0.2) is 23.4 Å². The van der Waals surface area contributed by atoms with E-state index in [1.807, 2.05) is 25.1 Å². The minimum atomic E-state index is -0.153. The molecule has 1 aliphatic carbocycles. The van der Waals surface area contributed by atoms with E-state index in [4.69, 9.17) is 9.47 Å². The number of aromatic amines is 1. The van der Waals surface area contributed by atoms with Crippen LogP contribution in [-0.4, -0.2) is 34.4 Å². The van der Waals surface area contributed by atoms with E-state index in [0.29, 0.717) is 24.4 Å². The summed E-state index contributed by atoms with van der Waals surface area (Å²) in [5.74, 6) is 2.57. The van der Waals surface area contributed by atoms with E-state index in [0.717, 1.165) is 34.8 Å². The molecule has 1 aromatic heterocycles. The molecule has 1 aromatic carbocycles. The van der Waals surface area contributed by atoms with Gasteiger partial charge in [-0.2, -0.15) is 0 Å². The number of carbonyl (C=O) groups is 1. The first-order valence-electron chi connectivity index (χ1n) is 9.91. The number of hydrogen-bond donors (Lipinski definition) is 1. The lowest BCUT2D eigenvalue weighted by Gasteiger charge is -2.36. The summed E-state index contributed by atoms with van der Waals surface area (Å²) in [4.78, 5) is 20.2. The molecular formula is C21H30N2O3S. The monoisotopic (exact) mass is 390 g/mol. The molecule has 1 saturated carbocycles. The number of nitrogens with one attached hydrogen (secondary N) is 1. The van der Waals surface area contributed by atoms with Gasteiger partial charge in [-0.15, -0.1) is 0 Å². The number of carbonyl (C=O) groups excluding carboxylic acids is 1. The van der Waals surface area contributed by atoms with Gasteiger partial charge >= 0.3 is 5.97 Å². The smallest absolute Gasteiger partial charge is 0.316 e. The quantitative estimate of drug-likeness (QED) is 0.529. The van der Waals surface area contributed by atoms with Crippen molar-refractivity contribution >= 4 is 28.8 Å². The Labute approximate surface area is 165 Å². The van der Waals surface area contributed by atoms with Crippen LogP contribution in [-0.2, 0) is 9.53 Å². The molecule has 27 heavy (non-hydrogen) atoms. The molecule has 1 heterocycles. The fraction of sp³-hybridized carbons (Fsp3) is 0.619. The Bertz CT molecular complexity index is 774. The maximum Gasteiger partial charge on any atom is 0.316 e. The molecule has 0 aliphatic heterocycles. The number of imidazole rings is 1. The van der Waals surface area contributed by atoms with E-state index in [2.05, 4.69) is 30.7 Å². The second kappa shape index (κ2) is 9.00. The highest BCUT2D eigenvalue weighted by Crippen LogP contribution is 2.35. The summed E-state index contributed by atoms with van der Waals surface area (Å²) >= 11 is 1.39. The van der Waals surface area contributed by atoms with Crippen molar-refractivity contribution in [1.82, 2.24) is 9.97 Å². The molecule has 3 atom stereocenters. The Morgan fingerprint density at radius 3 is 2.93 bits per heavy atom. The number of H-pyrrole nitrogens is 1. The number of esters is 1. The summed E-state index contributed by atoms with van der Waals surface area (Å²) in [6.45, 7) is 9.28. The molecule has 2 aromatic rings. The predicted octanol–water partition coefficient (Wildman–Crippen LogP) is 5.06. The van der Waals surface area contributed by atoms with Crippen molar-refractivity contribution < 1.29 is 14.3 Å². The lowest BCUT2D eigenvalue weighted by molar-refractivity contribution is -0.152. The van der Waals surface area contributed by atoms with Crippen LogP contribution in [0.3, 0.4) is 0 Å². The summed E-state index contributed by atoms with van der Waals surface area (Å²) in [6.07, 6.45) is 3.40. The molecule has 6 heteroatoms. The molecule has 148 valence electrons. The maximum atomic E-state index is 12.4. The minimum Gasteiger partial charge on any atom is -0.494 e. The normalized spacial score (nSPS) is 22.9. The molecule has 5 nitrogen and oxygen atoms in total. The molecule has 0 saturated heterocycles. The average molecular weight is 391 g/mol. The second-order valence-corrected chi connectivity index (χ2v) is 8.76. The van der Waals surface area contributed by atoms with Crippen LogP contribution in [0, 0.1) is 17.8 Å². The number of hydrogen-bond acceptors (Lipinski definition) is 5. The van der Waals surface area contributed by atoms with Gasteiger partial charge in [-0.05, 0) is 49.7 Å². The van der Waals surface area contributed by atoms with E-state index in [1.54, 1.807) is 0 Å². The van der Waals surface area contributed by atoms with Crippen LogP contribution in [0.25, 0.3) is 11.0 Å². The van der Waals surface area contributed by atoms with Crippen molar-refractivity contribution in [2.45, 2.75) is 58.2 Å². The summed E-state index contributed by atoms with van der Waals surface area (Å²) in [7, 11) is 0. The molecule has 0 amide bonds. The third-order valence-electron chi connectivity index (χ3n) is 5.31. The first-order chi connectivity index (χ1) is 13.0. The number of aromatic nitrogens is 2. The van der Waals surface area contributed by atoms with Gasteiger partial charge in [0, 0.05) is 6.07 Å². The number of fused-ring (bicyclic) bond motifs is 1. The van der Waals surface area contributed by atoms with Gasteiger partial charge in [-0.1, -0.05) is 39.0 Å². The van der Waals surface area contributed by atoms with E-state index in [-0.39, 0.29) is 17.8 Å². The molecule has 0 bridgehead atoms. The van der Waals surface area contributed by atoms with Crippen LogP contribution in [0.2, 0.25) is 0 Å². The van der Waals surface area contributed by atoms with Gasteiger partial charge in [0.15, 0.2) is 5.16 Å². The molecule has 3 rings (SSSR count). The third kappa shape index (κ3) is 5.18. The van der Waals surface area contributed by atoms with Crippen molar-refractivity contribution in [3.63, 3.8) is 0 Å². The number of nitrogens with zero attached hydrogens (tertiary/aromatic N) is 1. The van der Waals surface area contributed by atoms with Crippen LogP contribution >= 0.6 is 11.8 Å². The minimum absolute atomic E-state index is 0.0475. The summed E-state index contributed by atoms with van der Waals surface area (Å²) in [6, 6.07) is 5.77. The first kappa shape index (κ1) is 20.1. The Kier molecular flexibility index (Phi) is 6.68. The number of thioether (sulfide) groups is 1. The van der Waals surface area contributed by atoms with E-state index in [1.165, 1.54) is 18.2 Å². The zero-order valence-electron chi connectivity index (χ0n) is 16.7. The number of benzene rings is 1. The SMILES string of the molecule is CCOc1ccc2nc(SCC(=O)O[C@@H]3C[C@H](C)CC[C@@H]3C(C)C)[nH]c2c1. The topological polar surface area (TPSA) is 64.2 Å². The van der Waals surface area contributed by atoms with Gasteiger partial charge in [0.2, 0.25) is 0 Å². The highest BCUT2D eigenvalue weighted by atomic mass is 32.2. The third-order valence-corrected chi connectivity index (χ3v) is 6.16. The molecule has 1 aliphatic rings. The highest BCUT2D eigenvalue weighted by molar-refractivity contribution is 7.99. The molecule has 0 radical (unpaired) electrons. The van der Waals surface area contributed by atoms with E-state index in [9.17, 15) is 4.79 Å². The Balaban J connectivity index is 1.57. The molecule has 0 spiro atoms. The van der Waals surface area contributed by atoms with Crippen molar-refractivity contribution in [3.05, 3.63) is 18.2 Å². The highest BCUT2D eigenvalue weighted by Gasteiger charge is 2.33. The Morgan fingerprint density at radius 1 is 1.37 bits per heavy atom. The Morgan fingerprint density at radius 2 is 2.19 bits per heavy atom. The van der Waals surface area contributed by atoms with Gasteiger partial charge < -0.3 is 14.5 Å². The largest absolute Gasteiger partial charge is 0.494 e. The standard InChI is InChI=1S/C21H30N2O3S/c1-5-25-15-7-9-17-18(11-15)23-21(22-17)27-12-20(24)26-19-10-14(4)6-8-16(19)13(2)3/h7,9,11,13-14,16,19H,5-6,8,10,12H2,1-4H3,(H,22,23)/t14-,16-,19-/m1/s1. The van der Waals surface area contributed by atoms with Crippen LogP contribution in [0.4, 0.5) is 0 Å². The van der Waals surface area contributed by atoms with Crippen LogP contribution < -0.4 is 4.74 Å². The van der Waals surface area contributed by atoms with Gasteiger partial charge in [-0.3, -0.25) is 4.79 Å². The van der Waals surface area contributed by atoms with Gasteiger partial charge in [-0.25, -0.2) is 4.98 Å².